The molecule has 0 nitrogen and oxygen atoms in total. The molecule has 0 amide bonds. The molecule has 1 aromatic carbocycles. The Bertz CT molecular complexity index is 243. The SMILES string of the molecule is CCCCSCCc1ccc(Cl)cc1. The van der Waals surface area contributed by atoms with Crippen LogP contribution in [0.3, 0.4) is 0 Å². The summed E-state index contributed by atoms with van der Waals surface area (Å²) in [6.07, 6.45) is 3.80. The van der Waals surface area contributed by atoms with Gasteiger partial charge in [0, 0.05) is 5.02 Å². The highest BCUT2D eigenvalue weighted by Gasteiger charge is 1.93. The molecular formula is C12H17ClS. The smallest absolute Gasteiger partial charge is 0.0406 e. The van der Waals surface area contributed by atoms with Gasteiger partial charge < -0.3 is 0 Å². The molecule has 0 saturated carbocycles. The summed E-state index contributed by atoms with van der Waals surface area (Å²) in [5.74, 6) is 2.52. The summed E-state index contributed by atoms with van der Waals surface area (Å²) in [6, 6.07) is 8.16. The molecule has 0 atom stereocenters. The molecule has 0 saturated heterocycles. The van der Waals surface area contributed by atoms with E-state index in [2.05, 4.69) is 19.1 Å². The minimum Gasteiger partial charge on any atom is -0.162 e. The molecule has 0 fully saturated rings. The largest absolute Gasteiger partial charge is 0.162 e. The number of halogens is 1. The Kier molecular flexibility index (Phi) is 6.13. The van der Waals surface area contributed by atoms with E-state index in [-0.39, 0.29) is 0 Å². The minimum atomic E-state index is 0.826. The fraction of sp³-hybridized carbons (Fsp3) is 0.500. The van der Waals surface area contributed by atoms with Gasteiger partial charge in [-0.25, -0.2) is 0 Å². The predicted molar refractivity (Wildman–Crippen MR) is 67.4 cm³/mol. The zero-order valence-electron chi connectivity index (χ0n) is 8.63. The lowest BCUT2D eigenvalue weighted by molar-refractivity contribution is 0.895. The van der Waals surface area contributed by atoms with Crippen LogP contribution in [0.25, 0.3) is 0 Å². The minimum absolute atomic E-state index is 0.826. The Balaban J connectivity index is 2.15. The molecule has 0 aliphatic rings. The average molecular weight is 229 g/mol. The van der Waals surface area contributed by atoms with Crippen LogP contribution < -0.4 is 0 Å². The van der Waals surface area contributed by atoms with Crippen LogP contribution in [0.15, 0.2) is 24.3 Å². The second kappa shape index (κ2) is 7.19. The lowest BCUT2D eigenvalue weighted by Gasteiger charge is -2.01. The van der Waals surface area contributed by atoms with Crippen LogP contribution in [0.4, 0.5) is 0 Å². The summed E-state index contributed by atoms with van der Waals surface area (Å²) in [5.41, 5.74) is 1.39. The van der Waals surface area contributed by atoms with E-state index in [1.54, 1.807) is 0 Å². The van der Waals surface area contributed by atoms with E-state index in [0.29, 0.717) is 0 Å². The van der Waals surface area contributed by atoms with Crippen molar-refractivity contribution in [3.05, 3.63) is 34.9 Å². The molecule has 2 heteroatoms. The zero-order chi connectivity index (χ0) is 10.2. The number of hydrogen-bond donors (Lipinski definition) is 0. The van der Waals surface area contributed by atoms with Crippen molar-refractivity contribution < 1.29 is 0 Å². The Morgan fingerprint density at radius 3 is 2.50 bits per heavy atom. The summed E-state index contributed by atoms with van der Waals surface area (Å²) < 4.78 is 0. The van der Waals surface area contributed by atoms with Crippen LogP contribution in [0.1, 0.15) is 25.3 Å². The molecule has 0 aliphatic heterocycles. The molecule has 0 aliphatic carbocycles. The van der Waals surface area contributed by atoms with Crippen LogP contribution in [0, 0.1) is 0 Å². The first-order chi connectivity index (χ1) is 6.83. The Morgan fingerprint density at radius 2 is 1.86 bits per heavy atom. The van der Waals surface area contributed by atoms with E-state index in [1.807, 2.05) is 23.9 Å². The molecular weight excluding hydrogens is 212 g/mol. The summed E-state index contributed by atoms with van der Waals surface area (Å²) in [4.78, 5) is 0. The van der Waals surface area contributed by atoms with Crippen molar-refractivity contribution in [2.24, 2.45) is 0 Å². The average Bonchev–Trinajstić information content (AvgIpc) is 2.21. The number of thioether (sulfide) groups is 1. The molecule has 0 heterocycles. The van der Waals surface area contributed by atoms with Crippen LogP contribution in [-0.4, -0.2) is 11.5 Å². The summed E-state index contributed by atoms with van der Waals surface area (Å²) in [5, 5.41) is 0.826. The van der Waals surface area contributed by atoms with Gasteiger partial charge in [-0.1, -0.05) is 37.1 Å². The molecule has 0 bridgehead atoms. The first kappa shape index (κ1) is 11.9. The fourth-order valence-electron chi connectivity index (χ4n) is 1.19. The Labute approximate surface area is 96.0 Å². The van der Waals surface area contributed by atoms with E-state index in [9.17, 15) is 0 Å². The summed E-state index contributed by atoms with van der Waals surface area (Å²) in [7, 11) is 0. The third-order valence-electron chi connectivity index (χ3n) is 2.09. The zero-order valence-corrected chi connectivity index (χ0v) is 10.2. The predicted octanol–water partition coefficient (Wildman–Crippen LogP) is 4.42. The molecule has 1 aromatic rings. The van der Waals surface area contributed by atoms with Crippen molar-refractivity contribution in [1.82, 2.24) is 0 Å². The molecule has 0 N–H and O–H groups in total. The van der Waals surface area contributed by atoms with Crippen LogP contribution in [0.5, 0.6) is 0 Å². The standard InChI is InChI=1S/C12H17ClS/c1-2-3-9-14-10-8-11-4-6-12(13)7-5-11/h4-7H,2-3,8-10H2,1H3. The van der Waals surface area contributed by atoms with E-state index in [4.69, 9.17) is 11.6 Å². The molecule has 0 unspecified atom stereocenters. The van der Waals surface area contributed by atoms with Crippen LogP contribution >= 0.6 is 23.4 Å². The van der Waals surface area contributed by atoms with Gasteiger partial charge in [0.2, 0.25) is 0 Å². The Hall–Kier alpha value is -0.140. The van der Waals surface area contributed by atoms with Crippen molar-refractivity contribution in [2.75, 3.05) is 11.5 Å². The summed E-state index contributed by atoms with van der Waals surface area (Å²) in [6.45, 7) is 2.24. The third-order valence-corrected chi connectivity index (χ3v) is 3.41. The van der Waals surface area contributed by atoms with Crippen molar-refractivity contribution in [1.29, 1.82) is 0 Å². The van der Waals surface area contributed by atoms with Gasteiger partial charge >= 0.3 is 0 Å². The fourth-order valence-corrected chi connectivity index (χ4v) is 2.39. The van der Waals surface area contributed by atoms with Gasteiger partial charge in [-0.2, -0.15) is 11.8 Å². The lowest BCUT2D eigenvalue weighted by Crippen LogP contribution is -1.89. The molecule has 0 radical (unpaired) electrons. The number of hydrogen-bond acceptors (Lipinski definition) is 1. The van der Waals surface area contributed by atoms with Gasteiger partial charge in [0.05, 0.1) is 0 Å². The normalized spacial score (nSPS) is 10.4. The lowest BCUT2D eigenvalue weighted by atomic mass is 10.2. The third kappa shape index (κ3) is 4.92. The first-order valence-electron chi connectivity index (χ1n) is 5.15. The molecule has 0 spiro atoms. The van der Waals surface area contributed by atoms with E-state index >= 15 is 0 Å². The number of benzene rings is 1. The van der Waals surface area contributed by atoms with Gasteiger partial charge in [-0.05, 0) is 42.0 Å². The summed E-state index contributed by atoms with van der Waals surface area (Å²) >= 11 is 7.85. The van der Waals surface area contributed by atoms with Gasteiger partial charge in [0.25, 0.3) is 0 Å². The highest BCUT2D eigenvalue weighted by Crippen LogP contribution is 2.12. The maximum Gasteiger partial charge on any atom is 0.0406 e. The van der Waals surface area contributed by atoms with Crippen molar-refractivity contribution in [3.63, 3.8) is 0 Å². The second-order valence-electron chi connectivity index (χ2n) is 3.34. The van der Waals surface area contributed by atoms with Gasteiger partial charge in [0.1, 0.15) is 0 Å². The van der Waals surface area contributed by atoms with Gasteiger partial charge in [0.15, 0.2) is 0 Å². The van der Waals surface area contributed by atoms with Crippen molar-refractivity contribution >= 4 is 23.4 Å². The first-order valence-corrected chi connectivity index (χ1v) is 6.68. The molecule has 14 heavy (non-hydrogen) atoms. The number of rotatable bonds is 6. The molecule has 0 aromatic heterocycles. The highest BCUT2D eigenvalue weighted by molar-refractivity contribution is 7.99. The van der Waals surface area contributed by atoms with Crippen LogP contribution in [-0.2, 0) is 6.42 Å². The quantitative estimate of drug-likeness (QED) is 0.650. The van der Waals surface area contributed by atoms with E-state index < -0.39 is 0 Å². The van der Waals surface area contributed by atoms with E-state index in [0.717, 1.165) is 11.4 Å². The van der Waals surface area contributed by atoms with Crippen molar-refractivity contribution in [3.8, 4) is 0 Å². The van der Waals surface area contributed by atoms with Gasteiger partial charge in [-0.3, -0.25) is 0 Å². The number of aryl methyl sites for hydroxylation is 1. The maximum absolute atomic E-state index is 5.81. The topological polar surface area (TPSA) is 0 Å². The maximum atomic E-state index is 5.81. The molecule has 78 valence electrons. The monoisotopic (exact) mass is 228 g/mol. The van der Waals surface area contributed by atoms with E-state index in [1.165, 1.54) is 29.9 Å². The van der Waals surface area contributed by atoms with Gasteiger partial charge in [-0.15, -0.1) is 0 Å². The second-order valence-corrected chi connectivity index (χ2v) is 5.00. The highest BCUT2D eigenvalue weighted by atomic mass is 35.5. The van der Waals surface area contributed by atoms with Crippen LogP contribution in [0.2, 0.25) is 5.02 Å². The molecule has 1 rings (SSSR count). The number of unbranched alkanes of at least 4 members (excludes halogenated alkanes) is 1. The Morgan fingerprint density at radius 1 is 1.14 bits per heavy atom. The van der Waals surface area contributed by atoms with Crippen molar-refractivity contribution in [2.45, 2.75) is 26.2 Å².